The molecule has 1 aromatic rings. The monoisotopic (exact) mass is 258 g/mol. The van der Waals surface area contributed by atoms with Crippen molar-refractivity contribution in [1.29, 1.82) is 0 Å². The first-order valence-corrected chi connectivity index (χ1v) is 6.24. The Hall–Kier alpha value is -1.25. The largest absolute Gasteiger partial charge is 0.348 e. The van der Waals surface area contributed by atoms with E-state index in [-0.39, 0.29) is 0 Å². The highest BCUT2D eigenvalue weighted by Crippen LogP contribution is 2.00. The van der Waals surface area contributed by atoms with Gasteiger partial charge in [-0.25, -0.2) is 0 Å². The highest BCUT2D eigenvalue weighted by atomic mass is 31.1. The molecule has 0 spiro atoms. The lowest BCUT2D eigenvalue weighted by atomic mass is 10.1. The molecule has 17 heavy (non-hydrogen) atoms. The molecule has 0 aliphatic heterocycles. The molecule has 1 atom stereocenters. The van der Waals surface area contributed by atoms with Gasteiger partial charge < -0.3 is 14.5 Å². The fourth-order valence-corrected chi connectivity index (χ4v) is 0.870. The fourth-order valence-electron chi connectivity index (χ4n) is 0.870. The third kappa shape index (κ3) is 17.4. The molecule has 96 valence electrons. The van der Waals surface area contributed by atoms with E-state index in [1.54, 1.807) is 0 Å². The average molecular weight is 258 g/mol. The van der Waals surface area contributed by atoms with Gasteiger partial charge in [0, 0.05) is 12.8 Å². The number of hydrogen-bond acceptors (Lipinski definition) is 3. The van der Waals surface area contributed by atoms with E-state index < -0.39 is 8.69 Å². The summed E-state index contributed by atoms with van der Waals surface area (Å²) in [5.74, 6) is 0. The van der Waals surface area contributed by atoms with Crippen LogP contribution in [-0.2, 0) is 20.6 Å². The Morgan fingerprint density at radius 1 is 1.18 bits per heavy atom. The highest BCUT2D eigenvalue weighted by molar-refractivity contribution is 7.16. The van der Waals surface area contributed by atoms with Crippen molar-refractivity contribution in [3.8, 4) is 0 Å². The number of carbonyl (C=O) groups excluding carboxylic acids is 2. The average Bonchev–Trinajstić information content (AvgIpc) is 2.39. The van der Waals surface area contributed by atoms with E-state index in [2.05, 4.69) is 0 Å². The molecule has 5 heteroatoms. The van der Waals surface area contributed by atoms with Crippen LogP contribution in [0, 0.1) is 0 Å². The summed E-state index contributed by atoms with van der Waals surface area (Å²) in [5, 5.41) is 0. The van der Waals surface area contributed by atoms with Gasteiger partial charge in [0.1, 0.15) is 12.6 Å². The minimum absolute atomic E-state index is 0.629. The number of rotatable bonds is 4. The van der Waals surface area contributed by atoms with Crippen LogP contribution < -0.4 is 0 Å². The van der Waals surface area contributed by atoms with E-state index in [1.165, 1.54) is 5.56 Å². The summed E-state index contributed by atoms with van der Waals surface area (Å²) in [6.07, 6.45) is 3.96. The Balaban J connectivity index is 0. The number of benzene rings is 1. The van der Waals surface area contributed by atoms with Crippen LogP contribution in [0.25, 0.3) is 0 Å². The van der Waals surface area contributed by atoms with Crippen molar-refractivity contribution in [1.82, 2.24) is 0 Å². The van der Waals surface area contributed by atoms with Crippen LogP contribution in [0.2, 0.25) is 0 Å². The maximum atomic E-state index is 9.98. The number of carbonyl (C=O) groups is 2. The van der Waals surface area contributed by atoms with Crippen molar-refractivity contribution in [2.75, 3.05) is 0 Å². The van der Waals surface area contributed by atoms with Crippen molar-refractivity contribution >= 4 is 21.3 Å². The van der Waals surface area contributed by atoms with Gasteiger partial charge in [0.2, 0.25) is 0 Å². The lowest BCUT2D eigenvalue weighted by Gasteiger charge is -1.93. The van der Waals surface area contributed by atoms with Gasteiger partial charge in [-0.3, -0.25) is 4.57 Å². The van der Waals surface area contributed by atoms with Gasteiger partial charge in [-0.15, -0.1) is 0 Å². The van der Waals surface area contributed by atoms with E-state index in [1.807, 2.05) is 37.3 Å². The maximum absolute atomic E-state index is 9.98. The summed E-state index contributed by atoms with van der Waals surface area (Å²) in [6.45, 7) is 1.81. The molecule has 1 rings (SSSR count). The Morgan fingerprint density at radius 3 is 2.00 bits per heavy atom. The molecule has 4 nitrogen and oxygen atoms in total. The van der Waals surface area contributed by atoms with Gasteiger partial charge in [0.05, 0.1) is 0 Å². The Bertz CT molecular complexity index is 288. The first-order chi connectivity index (χ1) is 8.26. The van der Waals surface area contributed by atoms with Crippen LogP contribution in [0.5, 0.6) is 0 Å². The molecular formula is C12H19O4P. The summed E-state index contributed by atoms with van der Waals surface area (Å²) in [5.41, 5.74) is 1.23. The molecule has 0 aliphatic rings. The summed E-state index contributed by atoms with van der Waals surface area (Å²) < 4.78 is 8.57. The van der Waals surface area contributed by atoms with E-state index in [4.69, 9.17) is 9.46 Å². The quantitative estimate of drug-likeness (QED) is 0.662. The number of hydrogen-bond donors (Lipinski definition) is 1. The van der Waals surface area contributed by atoms with Crippen molar-refractivity contribution in [2.45, 2.75) is 26.2 Å². The predicted molar refractivity (Wildman–Crippen MR) is 69.8 cm³/mol. The maximum Gasteiger partial charge on any atom is 0.177 e. The highest BCUT2D eigenvalue weighted by Gasteiger charge is 1.87. The SMILES string of the molecule is CCC=O.O=CCCc1ccccc1.O=[PH2]O. The van der Waals surface area contributed by atoms with Crippen LogP contribution in [-0.4, -0.2) is 17.5 Å². The molecule has 0 aromatic heterocycles. The van der Waals surface area contributed by atoms with E-state index in [0.29, 0.717) is 12.8 Å². The smallest absolute Gasteiger partial charge is 0.177 e. The summed E-state index contributed by atoms with van der Waals surface area (Å²) in [4.78, 5) is 26.2. The topological polar surface area (TPSA) is 71.4 Å². The minimum atomic E-state index is -1.50. The molecule has 0 saturated heterocycles. The third-order valence-electron chi connectivity index (χ3n) is 1.56. The second-order valence-corrected chi connectivity index (χ2v) is 3.08. The normalized spacial score (nSPS) is 8.59. The third-order valence-corrected chi connectivity index (χ3v) is 1.56. The lowest BCUT2D eigenvalue weighted by molar-refractivity contribution is -0.108. The Morgan fingerprint density at radius 2 is 1.65 bits per heavy atom. The van der Waals surface area contributed by atoms with Crippen molar-refractivity contribution in [2.24, 2.45) is 0 Å². The molecule has 0 fully saturated rings. The first-order valence-electron chi connectivity index (χ1n) is 5.25. The van der Waals surface area contributed by atoms with Gasteiger partial charge in [-0.2, -0.15) is 0 Å². The van der Waals surface area contributed by atoms with Gasteiger partial charge in [0.25, 0.3) is 0 Å². The van der Waals surface area contributed by atoms with Gasteiger partial charge in [-0.05, 0) is 12.0 Å². The summed E-state index contributed by atoms with van der Waals surface area (Å²) in [6, 6.07) is 10.0. The van der Waals surface area contributed by atoms with Crippen LogP contribution in [0.15, 0.2) is 30.3 Å². The standard InChI is InChI=1S/C9H10O.C3H6O.H3O2P/c10-8-4-7-9-5-2-1-3-6-9;1-2-3-4;1-3-2/h1-3,5-6,8H,4,7H2;3H,2H2,1H3;3H2,(H,1,2). The van der Waals surface area contributed by atoms with Crippen LogP contribution in [0.4, 0.5) is 0 Å². The molecule has 0 bridgehead atoms. The zero-order chi connectivity index (χ0) is 13.4. The van der Waals surface area contributed by atoms with Crippen LogP contribution in [0.1, 0.15) is 25.3 Å². The van der Waals surface area contributed by atoms with Gasteiger partial charge in [0.15, 0.2) is 8.69 Å². The fraction of sp³-hybridized carbons (Fsp3) is 0.333. The molecule has 0 heterocycles. The Kier molecular flexibility index (Phi) is 18.3. The molecule has 1 aromatic carbocycles. The van der Waals surface area contributed by atoms with E-state index in [9.17, 15) is 9.59 Å². The molecular weight excluding hydrogens is 239 g/mol. The van der Waals surface area contributed by atoms with Gasteiger partial charge >= 0.3 is 0 Å². The molecule has 0 amide bonds. The number of aldehydes is 2. The van der Waals surface area contributed by atoms with E-state index >= 15 is 0 Å². The second-order valence-electron chi connectivity index (χ2n) is 2.87. The number of aryl methyl sites for hydroxylation is 1. The van der Waals surface area contributed by atoms with Crippen molar-refractivity contribution < 1.29 is 19.0 Å². The van der Waals surface area contributed by atoms with Crippen LogP contribution >= 0.6 is 8.69 Å². The lowest BCUT2D eigenvalue weighted by Crippen LogP contribution is -1.83. The first kappa shape index (κ1) is 18.1. The predicted octanol–water partition coefficient (Wildman–Crippen LogP) is 2.06. The Labute approximate surface area is 103 Å². The molecule has 1 N–H and O–H groups in total. The summed E-state index contributed by atoms with van der Waals surface area (Å²) >= 11 is 0. The molecule has 0 aliphatic carbocycles. The molecule has 0 saturated carbocycles. The van der Waals surface area contributed by atoms with E-state index in [0.717, 1.165) is 19.0 Å². The molecule has 1 unspecified atom stereocenters. The zero-order valence-corrected chi connectivity index (χ0v) is 11.1. The van der Waals surface area contributed by atoms with Crippen molar-refractivity contribution in [3.63, 3.8) is 0 Å². The summed E-state index contributed by atoms with van der Waals surface area (Å²) in [7, 11) is -1.50. The van der Waals surface area contributed by atoms with Gasteiger partial charge in [-0.1, -0.05) is 37.3 Å². The zero-order valence-electron chi connectivity index (χ0n) is 9.91. The van der Waals surface area contributed by atoms with Crippen LogP contribution in [0.3, 0.4) is 0 Å². The second kappa shape index (κ2) is 17.2. The molecule has 0 radical (unpaired) electrons. The minimum Gasteiger partial charge on any atom is -0.348 e. The van der Waals surface area contributed by atoms with Crippen molar-refractivity contribution in [3.05, 3.63) is 35.9 Å².